The SMILES string of the molecule is CCc1c(C(=O)N2CC[C@@H](NC(=O)C(C)(O)Cn3ccccc3=O)C2)cnn1C(CC)CC. The van der Waals surface area contributed by atoms with Gasteiger partial charge in [-0.15, -0.1) is 0 Å². The molecule has 3 rings (SSSR count). The van der Waals surface area contributed by atoms with Crippen molar-refractivity contribution in [1.82, 2.24) is 24.6 Å². The number of nitrogens with zero attached hydrogens (tertiary/aromatic N) is 4. The van der Waals surface area contributed by atoms with Crippen molar-refractivity contribution in [2.24, 2.45) is 0 Å². The summed E-state index contributed by atoms with van der Waals surface area (Å²) in [4.78, 5) is 39.6. The summed E-state index contributed by atoms with van der Waals surface area (Å²) in [5.74, 6) is -0.642. The highest BCUT2D eigenvalue weighted by Crippen LogP contribution is 2.23. The molecule has 2 atom stereocenters. The van der Waals surface area contributed by atoms with E-state index in [0.717, 1.165) is 18.5 Å². The molecular weight excluding hydrogens is 422 g/mol. The largest absolute Gasteiger partial charge is 0.378 e. The topological polar surface area (TPSA) is 109 Å². The smallest absolute Gasteiger partial charge is 0.257 e. The molecule has 33 heavy (non-hydrogen) atoms. The van der Waals surface area contributed by atoms with Crippen LogP contribution in [-0.2, 0) is 17.8 Å². The molecule has 2 aromatic heterocycles. The molecule has 2 N–H and O–H groups in total. The number of carbonyl (C=O) groups excluding carboxylic acids is 2. The fraction of sp³-hybridized carbons (Fsp3) is 0.583. The maximum absolute atomic E-state index is 13.2. The Labute approximate surface area is 194 Å². The van der Waals surface area contributed by atoms with E-state index in [4.69, 9.17) is 0 Å². The molecule has 1 saturated heterocycles. The fourth-order valence-corrected chi connectivity index (χ4v) is 4.44. The summed E-state index contributed by atoms with van der Waals surface area (Å²) in [6.45, 7) is 8.39. The van der Waals surface area contributed by atoms with E-state index in [9.17, 15) is 19.5 Å². The van der Waals surface area contributed by atoms with Gasteiger partial charge in [0.1, 0.15) is 0 Å². The number of rotatable bonds is 9. The number of aromatic nitrogens is 3. The van der Waals surface area contributed by atoms with Crippen molar-refractivity contribution >= 4 is 11.8 Å². The van der Waals surface area contributed by atoms with Gasteiger partial charge in [-0.2, -0.15) is 5.10 Å². The molecule has 2 amide bonds. The summed E-state index contributed by atoms with van der Waals surface area (Å²) in [6, 6.07) is 4.66. The van der Waals surface area contributed by atoms with Crippen molar-refractivity contribution in [2.75, 3.05) is 13.1 Å². The van der Waals surface area contributed by atoms with Gasteiger partial charge < -0.3 is 19.9 Å². The van der Waals surface area contributed by atoms with Gasteiger partial charge in [0.2, 0.25) is 0 Å². The quantitative estimate of drug-likeness (QED) is 0.596. The van der Waals surface area contributed by atoms with Crippen LogP contribution in [0.5, 0.6) is 0 Å². The maximum atomic E-state index is 13.2. The third-order valence-electron chi connectivity index (χ3n) is 6.43. The minimum absolute atomic E-state index is 0.0802. The first kappa shape index (κ1) is 24.7. The molecule has 1 aliphatic heterocycles. The molecule has 180 valence electrons. The van der Waals surface area contributed by atoms with Crippen molar-refractivity contribution in [2.45, 2.75) is 77.6 Å². The van der Waals surface area contributed by atoms with Crippen LogP contribution in [0.15, 0.2) is 35.4 Å². The van der Waals surface area contributed by atoms with Crippen molar-refractivity contribution in [3.63, 3.8) is 0 Å². The van der Waals surface area contributed by atoms with Gasteiger partial charge >= 0.3 is 0 Å². The molecule has 0 spiro atoms. The Hall–Kier alpha value is -2.94. The summed E-state index contributed by atoms with van der Waals surface area (Å²) >= 11 is 0. The van der Waals surface area contributed by atoms with Crippen LogP contribution in [0.1, 0.15) is 69.1 Å². The van der Waals surface area contributed by atoms with Crippen LogP contribution < -0.4 is 10.9 Å². The minimum Gasteiger partial charge on any atom is -0.378 e. The fourth-order valence-electron chi connectivity index (χ4n) is 4.44. The van der Waals surface area contributed by atoms with E-state index in [1.165, 1.54) is 23.8 Å². The minimum atomic E-state index is -1.76. The lowest BCUT2D eigenvalue weighted by Crippen LogP contribution is -2.52. The van der Waals surface area contributed by atoms with Gasteiger partial charge in [-0.3, -0.25) is 19.1 Å². The van der Waals surface area contributed by atoms with E-state index >= 15 is 0 Å². The zero-order valence-electron chi connectivity index (χ0n) is 20.0. The first-order valence-electron chi connectivity index (χ1n) is 11.8. The molecule has 9 nitrogen and oxygen atoms in total. The summed E-state index contributed by atoms with van der Waals surface area (Å²) in [6.07, 6.45) is 6.41. The zero-order chi connectivity index (χ0) is 24.2. The van der Waals surface area contributed by atoms with Crippen molar-refractivity contribution in [3.8, 4) is 0 Å². The van der Waals surface area contributed by atoms with Crippen molar-refractivity contribution in [1.29, 1.82) is 0 Å². The highest BCUT2D eigenvalue weighted by molar-refractivity contribution is 5.95. The second-order valence-electron chi connectivity index (χ2n) is 8.92. The first-order valence-corrected chi connectivity index (χ1v) is 11.8. The first-order chi connectivity index (χ1) is 15.7. The Bertz CT molecular complexity index is 1040. The second-order valence-corrected chi connectivity index (χ2v) is 8.92. The lowest BCUT2D eigenvalue weighted by atomic mass is 10.1. The number of pyridine rings is 1. The number of amides is 2. The molecule has 3 heterocycles. The second kappa shape index (κ2) is 10.3. The van der Waals surface area contributed by atoms with Gasteiger partial charge in [0.05, 0.1) is 30.0 Å². The van der Waals surface area contributed by atoms with E-state index < -0.39 is 11.5 Å². The lowest BCUT2D eigenvalue weighted by Gasteiger charge is -2.25. The zero-order valence-corrected chi connectivity index (χ0v) is 20.0. The van der Waals surface area contributed by atoms with Crippen LogP contribution in [-0.4, -0.2) is 60.9 Å². The molecule has 1 aliphatic rings. The summed E-state index contributed by atoms with van der Waals surface area (Å²) in [5.41, 5.74) is -0.484. The van der Waals surface area contributed by atoms with E-state index in [0.29, 0.717) is 31.5 Å². The number of carbonyl (C=O) groups is 2. The molecule has 2 aromatic rings. The normalized spacial score (nSPS) is 17.9. The molecule has 0 saturated carbocycles. The molecule has 1 fully saturated rings. The number of nitrogens with one attached hydrogen (secondary N) is 1. The monoisotopic (exact) mass is 457 g/mol. The Balaban J connectivity index is 1.64. The highest BCUT2D eigenvalue weighted by atomic mass is 16.3. The number of likely N-dealkylation sites (tertiary alicyclic amines) is 1. The summed E-state index contributed by atoms with van der Waals surface area (Å²) in [5, 5.41) is 18.0. The van der Waals surface area contributed by atoms with Gasteiger partial charge in [-0.1, -0.05) is 26.8 Å². The van der Waals surface area contributed by atoms with Crippen LogP contribution in [0.25, 0.3) is 0 Å². The summed E-state index contributed by atoms with van der Waals surface area (Å²) in [7, 11) is 0. The van der Waals surface area contributed by atoms with Crippen LogP contribution in [0.4, 0.5) is 0 Å². The molecule has 0 aromatic carbocycles. The molecule has 1 unspecified atom stereocenters. The van der Waals surface area contributed by atoms with Crippen LogP contribution >= 0.6 is 0 Å². The van der Waals surface area contributed by atoms with E-state index in [-0.39, 0.29) is 30.1 Å². The summed E-state index contributed by atoms with van der Waals surface area (Å²) < 4.78 is 3.28. The van der Waals surface area contributed by atoms with E-state index in [1.54, 1.807) is 23.2 Å². The average Bonchev–Trinajstić information content (AvgIpc) is 3.43. The third kappa shape index (κ3) is 5.35. The van der Waals surface area contributed by atoms with Gasteiger partial charge in [0, 0.05) is 31.4 Å². The Kier molecular flexibility index (Phi) is 7.73. The van der Waals surface area contributed by atoms with E-state index in [1.807, 2.05) is 11.6 Å². The number of hydrogen-bond donors (Lipinski definition) is 2. The molecule has 9 heteroatoms. The predicted molar refractivity (Wildman–Crippen MR) is 125 cm³/mol. The Morgan fingerprint density at radius 3 is 2.64 bits per heavy atom. The number of hydrogen-bond acceptors (Lipinski definition) is 5. The standard InChI is InChI=1S/C24H35N5O4/c1-5-18(6-2)29-20(7-3)19(14-25-29)22(31)27-13-11-17(15-27)26-23(32)24(4,33)16-28-12-9-8-10-21(28)30/h8-10,12,14,17-18,33H,5-7,11,13,15-16H2,1-4H3,(H,26,32)/t17-,24?/m1/s1. The lowest BCUT2D eigenvalue weighted by molar-refractivity contribution is -0.140. The van der Waals surface area contributed by atoms with Crippen LogP contribution in [0, 0.1) is 0 Å². The molecule has 0 radical (unpaired) electrons. The van der Waals surface area contributed by atoms with Gasteiger partial charge in [0.15, 0.2) is 5.60 Å². The Morgan fingerprint density at radius 2 is 2.00 bits per heavy atom. The van der Waals surface area contributed by atoms with Crippen molar-refractivity contribution < 1.29 is 14.7 Å². The maximum Gasteiger partial charge on any atom is 0.257 e. The molecule has 0 bridgehead atoms. The van der Waals surface area contributed by atoms with Crippen LogP contribution in [0.2, 0.25) is 0 Å². The Morgan fingerprint density at radius 1 is 1.27 bits per heavy atom. The molecule has 0 aliphatic carbocycles. The van der Waals surface area contributed by atoms with Gasteiger partial charge in [-0.05, 0) is 38.7 Å². The van der Waals surface area contributed by atoms with Gasteiger partial charge in [0.25, 0.3) is 17.4 Å². The third-order valence-corrected chi connectivity index (χ3v) is 6.43. The van der Waals surface area contributed by atoms with Crippen LogP contribution in [0.3, 0.4) is 0 Å². The molecular formula is C24H35N5O4. The van der Waals surface area contributed by atoms with Crippen molar-refractivity contribution in [3.05, 3.63) is 52.2 Å². The van der Waals surface area contributed by atoms with Gasteiger partial charge in [-0.25, -0.2) is 0 Å². The van der Waals surface area contributed by atoms with E-state index in [2.05, 4.69) is 24.3 Å². The predicted octanol–water partition coefficient (Wildman–Crippen LogP) is 1.75. The highest BCUT2D eigenvalue weighted by Gasteiger charge is 2.36. The number of aliphatic hydroxyl groups is 1. The average molecular weight is 458 g/mol.